The Labute approximate surface area is 123 Å². The molecule has 2 N–H and O–H groups in total. The van der Waals surface area contributed by atoms with Crippen LogP contribution in [0.1, 0.15) is 31.2 Å². The highest BCUT2D eigenvalue weighted by atomic mass is 19.1. The highest BCUT2D eigenvalue weighted by Gasteiger charge is 2.22. The van der Waals surface area contributed by atoms with Gasteiger partial charge in [0.05, 0.1) is 17.9 Å². The molecule has 1 amide bonds. The summed E-state index contributed by atoms with van der Waals surface area (Å²) >= 11 is 0. The number of hydrogen-bond donors (Lipinski definition) is 2. The summed E-state index contributed by atoms with van der Waals surface area (Å²) < 4.78 is 18.7. The topological polar surface area (TPSA) is 58.6 Å². The lowest BCUT2D eigenvalue weighted by Gasteiger charge is -2.22. The molecular formula is C16H18FNO3. The minimum Gasteiger partial charge on any atom is -0.395 e. The Morgan fingerprint density at radius 1 is 1.48 bits per heavy atom. The van der Waals surface area contributed by atoms with Crippen LogP contribution in [0.25, 0.3) is 0 Å². The van der Waals surface area contributed by atoms with Crippen LogP contribution in [-0.4, -0.2) is 30.3 Å². The molecule has 1 fully saturated rings. The third-order valence-electron chi connectivity index (χ3n) is 3.17. The predicted octanol–water partition coefficient (Wildman–Crippen LogP) is 2.07. The summed E-state index contributed by atoms with van der Waals surface area (Å²) in [6.45, 7) is 0.532. The van der Waals surface area contributed by atoms with Gasteiger partial charge in [-0.15, -0.1) is 0 Å². The Hall–Kier alpha value is -1.90. The van der Waals surface area contributed by atoms with E-state index in [1.54, 1.807) is 0 Å². The van der Waals surface area contributed by atoms with Gasteiger partial charge >= 0.3 is 0 Å². The summed E-state index contributed by atoms with van der Waals surface area (Å²) in [5.41, 5.74) is 0.855. The normalized spacial score (nSPS) is 17.7. The van der Waals surface area contributed by atoms with Crippen molar-refractivity contribution in [3.05, 3.63) is 29.6 Å². The van der Waals surface area contributed by atoms with Gasteiger partial charge in [0.15, 0.2) is 0 Å². The third kappa shape index (κ3) is 4.55. The molecule has 0 saturated carbocycles. The average Bonchev–Trinajstić information content (AvgIpc) is 2.51. The Kier molecular flexibility index (Phi) is 5.73. The molecule has 1 aromatic rings. The molecule has 1 saturated heterocycles. The standard InChI is InChI=1S/C16H18FNO3/c17-13-7-8-14(12(11-13)5-1-3-9-19)18-16(20)15-6-2-4-10-21-15/h7-8,11,15,19H,2-4,6,9-10H2,(H,18,20). The van der Waals surface area contributed by atoms with Crippen molar-refractivity contribution in [3.8, 4) is 11.8 Å². The zero-order chi connectivity index (χ0) is 15.1. The van der Waals surface area contributed by atoms with Crippen molar-refractivity contribution in [2.75, 3.05) is 18.5 Å². The van der Waals surface area contributed by atoms with Crippen LogP contribution in [0.15, 0.2) is 18.2 Å². The van der Waals surface area contributed by atoms with Crippen molar-refractivity contribution >= 4 is 11.6 Å². The third-order valence-corrected chi connectivity index (χ3v) is 3.17. The molecule has 5 heteroatoms. The number of anilines is 1. The van der Waals surface area contributed by atoms with Crippen LogP contribution in [-0.2, 0) is 9.53 Å². The number of benzene rings is 1. The number of ether oxygens (including phenoxy) is 1. The van der Waals surface area contributed by atoms with Crippen molar-refractivity contribution in [1.29, 1.82) is 0 Å². The fourth-order valence-electron chi connectivity index (χ4n) is 2.10. The molecule has 1 heterocycles. The first-order valence-electron chi connectivity index (χ1n) is 7.02. The van der Waals surface area contributed by atoms with Crippen LogP contribution in [0.2, 0.25) is 0 Å². The quantitative estimate of drug-likeness (QED) is 0.838. The van der Waals surface area contributed by atoms with Crippen molar-refractivity contribution in [3.63, 3.8) is 0 Å². The van der Waals surface area contributed by atoms with Gasteiger partial charge in [-0.2, -0.15) is 0 Å². The lowest BCUT2D eigenvalue weighted by atomic mass is 10.1. The average molecular weight is 291 g/mol. The van der Waals surface area contributed by atoms with Crippen molar-refractivity contribution < 1.29 is 19.0 Å². The van der Waals surface area contributed by atoms with Gasteiger partial charge in [0, 0.05) is 13.0 Å². The van der Waals surface area contributed by atoms with Gasteiger partial charge in [0.1, 0.15) is 11.9 Å². The maximum absolute atomic E-state index is 13.3. The maximum atomic E-state index is 13.3. The molecule has 21 heavy (non-hydrogen) atoms. The lowest BCUT2D eigenvalue weighted by molar-refractivity contribution is -0.129. The zero-order valence-electron chi connectivity index (χ0n) is 11.7. The number of rotatable bonds is 3. The summed E-state index contributed by atoms with van der Waals surface area (Å²) in [5.74, 6) is 4.83. The van der Waals surface area contributed by atoms with Gasteiger partial charge in [0.25, 0.3) is 5.91 Å². The molecule has 1 atom stereocenters. The summed E-state index contributed by atoms with van der Waals surface area (Å²) in [6.07, 6.45) is 2.47. The first-order valence-corrected chi connectivity index (χ1v) is 7.02. The summed E-state index contributed by atoms with van der Waals surface area (Å²) in [5, 5.41) is 11.5. The summed E-state index contributed by atoms with van der Waals surface area (Å²) in [4.78, 5) is 12.1. The molecule has 1 unspecified atom stereocenters. The van der Waals surface area contributed by atoms with Gasteiger partial charge in [0.2, 0.25) is 0 Å². The number of aliphatic hydroxyl groups excluding tert-OH is 1. The monoisotopic (exact) mass is 291 g/mol. The van der Waals surface area contributed by atoms with Crippen LogP contribution in [0, 0.1) is 17.7 Å². The van der Waals surface area contributed by atoms with Crippen LogP contribution in [0.3, 0.4) is 0 Å². The number of carbonyl (C=O) groups excluding carboxylic acids is 1. The van der Waals surface area contributed by atoms with Crippen LogP contribution in [0.4, 0.5) is 10.1 Å². The number of amides is 1. The van der Waals surface area contributed by atoms with E-state index in [1.807, 2.05) is 0 Å². The molecule has 2 rings (SSSR count). The van der Waals surface area contributed by atoms with Crippen molar-refractivity contribution in [2.24, 2.45) is 0 Å². The van der Waals surface area contributed by atoms with Gasteiger partial charge in [-0.05, 0) is 37.5 Å². The fraction of sp³-hybridized carbons (Fsp3) is 0.438. The zero-order valence-corrected chi connectivity index (χ0v) is 11.7. The van der Waals surface area contributed by atoms with E-state index in [4.69, 9.17) is 9.84 Å². The Morgan fingerprint density at radius 3 is 3.05 bits per heavy atom. The van der Waals surface area contributed by atoms with E-state index in [0.29, 0.717) is 30.7 Å². The number of nitrogens with one attached hydrogen (secondary N) is 1. The van der Waals surface area contributed by atoms with E-state index in [1.165, 1.54) is 18.2 Å². The number of hydrogen-bond acceptors (Lipinski definition) is 3. The second kappa shape index (κ2) is 7.77. The molecule has 0 bridgehead atoms. The number of halogens is 1. The first-order chi connectivity index (χ1) is 10.2. The lowest BCUT2D eigenvalue weighted by Crippen LogP contribution is -2.33. The number of aliphatic hydroxyl groups is 1. The molecule has 0 spiro atoms. The van der Waals surface area contributed by atoms with E-state index >= 15 is 0 Å². The van der Waals surface area contributed by atoms with Crippen LogP contribution >= 0.6 is 0 Å². The van der Waals surface area contributed by atoms with Crippen LogP contribution < -0.4 is 5.32 Å². The second-order valence-electron chi connectivity index (χ2n) is 4.81. The van der Waals surface area contributed by atoms with Gasteiger partial charge in [-0.1, -0.05) is 11.8 Å². The van der Waals surface area contributed by atoms with Gasteiger partial charge in [-0.3, -0.25) is 4.79 Å². The van der Waals surface area contributed by atoms with Crippen LogP contribution in [0.5, 0.6) is 0 Å². The minimum atomic E-state index is -0.456. The smallest absolute Gasteiger partial charge is 0.253 e. The largest absolute Gasteiger partial charge is 0.395 e. The Balaban J connectivity index is 2.11. The van der Waals surface area contributed by atoms with E-state index < -0.39 is 11.9 Å². The molecule has 0 radical (unpaired) electrons. The van der Waals surface area contributed by atoms with E-state index in [-0.39, 0.29) is 12.5 Å². The summed E-state index contributed by atoms with van der Waals surface area (Å²) in [7, 11) is 0. The Morgan fingerprint density at radius 2 is 2.33 bits per heavy atom. The van der Waals surface area contributed by atoms with E-state index in [9.17, 15) is 9.18 Å². The molecule has 0 aromatic heterocycles. The number of carbonyl (C=O) groups is 1. The first kappa shape index (κ1) is 15.5. The Bertz CT molecular complexity index is 556. The van der Waals surface area contributed by atoms with Crippen molar-refractivity contribution in [1.82, 2.24) is 0 Å². The molecule has 1 aromatic carbocycles. The van der Waals surface area contributed by atoms with Gasteiger partial charge < -0.3 is 15.2 Å². The second-order valence-corrected chi connectivity index (χ2v) is 4.81. The van der Waals surface area contributed by atoms with Gasteiger partial charge in [-0.25, -0.2) is 4.39 Å². The molecule has 0 aliphatic carbocycles. The molecule has 1 aliphatic heterocycles. The molecule has 1 aliphatic rings. The maximum Gasteiger partial charge on any atom is 0.253 e. The molecule has 112 valence electrons. The summed E-state index contributed by atoms with van der Waals surface area (Å²) in [6, 6.07) is 4.02. The highest BCUT2D eigenvalue weighted by molar-refractivity contribution is 5.95. The highest BCUT2D eigenvalue weighted by Crippen LogP contribution is 2.19. The van der Waals surface area contributed by atoms with E-state index in [2.05, 4.69) is 17.2 Å². The molecule has 4 nitrogen and oxygen atoms in total. The predicted molar refractivity (Wildman–Crippen MR) is 77.2 cm³/mol. The fourth-order valence-corrected chi connectivity index (χ4v) is 2.10. The van der Waals surface area contributed by atoms with Crippen molar-refractivity contribution in [2.45, 2.75) is 31.8 Å². The SMILES string of the molecule is O=C(Nc1ccc(F)cc1C#CCCO)C1CCCCO1. The molecular weight excluding hydrogens is 273 g/mol. The minimum absolute atomic E-state index is 0.0556. The van der Waals surface area contributed by atoms with E-state index in [0.717, 1.165) is 12.8 Å².